The van der Waals surface area contributed by atoms with Crippen molar-refractivity contribution in [3.8, 4) is 28.7 Å². The van der Waals surface area contributed by atoms with Crippen LogP contribution in [-0.2, 0) is 0 Å². The fraction of sp³-hybridized carbons (Fsp3) is 0.412. The molecular formula is C17H18N6. The highest BCUT2D eigenvalue weighted by atomic mass is 15.3. The van der Waals surface area contributed by atoms with Crippen LogP contribution in [-0.4, -0.2) is 24.7 Å². The van der Waals surface area contributed by atoms with E-state index in [-0.39, 0.29) is 30.3 Å². The van der Waals surface area contributed by atoms with Gasteiger partial charge in [-0.2, -0.15) is 10.4 Å². The van der Waals surface area contributed by atoms with Gasteiger partial charge < -0.3 is 4.98 Å². The molecule has 2 aliphatic heterocycles. The van der Waals surface area contributed by atoms with Crippen molar-refractivity contribution in [3.05, 3.63) is 30.9 Å². The number of aromatic amines is 1. The number of fused-ring (bicyclic) bond motifs is 1. The Kier molecular flexibility index (Phi) is 2.40. The molecule has 0 saturated heterocycles. The molecule has 0 bridgehead atoms. The topological polar surface area (TPSA) is 83.2 Å². The van der Waals surface area contributed by atoms with Crippen molar-refractivity contribution in [1.82, 2.24) is 24.7 Å². The second kappa shape index (κ2) is 5.84. The fourth-order valence-electron chi connectivity index (χ4n) is 3.28. The normalized spacial score (nSPS) is 20.4. The molecule has 1 aromatic heterocycles. The zero-order valence-corrected chi connectivity index (χ0v) is 12.4. The van der Waals surface area contributed by atoms with Gasteiger partial charge in [0.2, 0.25) is 0 Å². The number of H-pyrrole nitrogens is 1. The zero-order valence-electron chi connectivity index (χ0n) is 17.4. The van der Waals surface area contributed by atoms with Gasteiger partial charge in [0.15, 0.2) is 5.82 Å². The Bertz CT molecular complexity index is 1030. The van der Waals surface area contributed by atoms with Crippen molar-refractivity contribution in [3.63, 3.8) is 0 Å². The maximum absolute atomic E-state index is 9.37. The smallest absolute Gasteiger partial charge is 0.162 e. The summed E-state index contributed by atoms with van der Waals surface area (Å²) < 4.78 is 41.5. The number of aromatic nitrogens is 5. The van der Waals surface area contributed by atoms with Crippen LogP contribution in [0.25, 0.3) is 22.6 Å². The lowest BCUT2D eigenvalue weighted by molar-refractivity contribution is 0.315. The molecule has 1 aromatic rings. The molecule has 1 N–H and O–H groups in total. The van der Waals surface area contributed by atoms with Crippen molar-refractivity contribution >= 4 is 0 Å². The lowest BCUT2D eigenvalue weighted by Gasteiger charge is -2.21. The highest BCUT2D eigenvalue weighted by molar-refractivity contribution is 5.77. The molecule has 116 valence electrons. The Hall–Kier alpha value is -2.68. The van der Waals surface area contributed by atoms with Gasteiger partial charge in [-0.25, -0.2) is 9.97 Å². The van der Waals surface area contributed by atoms with E-state index < -0.39 is 12.4 Å². The van der Waals surface area contributed by atoms with E-state index in [1.54, 1.807) is 12.3 Å². The van der Waals surface area contributed by atoms with Crippen LogP contribution >= 0.6 is 0 Å². The molecule has 3 aliphatic rings. The van der Waals surface area contributed by atoms with Gasteiger partial charge >= 0.3 is 0 Å². The third-order valence-electron chi connectivity index (χ3n) is 4.39. The number of nitrogens with zero attached hydrogens (tertiary/aromatic N) is 5. The quantitative estimate of drug-likeness (QED) is 0.800. The van der Waals surface area contributed by atoms with E-state index in [0.29, 0.717) is 16.8 Å². The first-order valence-corrected chi connectivity index (χ1v) is 7.61. The first-order valence-electron chi connectivity index (χ1n) is 10.1. The third-order valence-corrected chi connectivity index (χ3v) is 4.39. The molecule has 6 heteroatoms. The Morgan fingerprint density at radius 2 is 2.35 bits per heavy atom. The highest BCUT2D eigenvalue weighted by Gasteiger charge is 2.27. The Morgan fingerprint density at radius 3 is 3.17 bits per heavy atom. The predicted octanol–water partition coefficient (Wildman–Crippen LogP) is 3.42. The zero-order chi connectivity index (χ0) is 20.1. The van der Waals surface area contributed by atoms with Crippen molar-refractivity contribution in [2.45, 2.75) is 38.1 Å². The summed E-state index contributed by atoms with van der Waals surface area (Å²) in [5.74, 6) is 0.156. The molecule has 1 aliphatic carbocycles. The van der Waals surface area contributed by atoms with Crippen molar-refractivity contribution in [2.24, 2.45) is 5.92 Å². The summed E-state index contributed by atoms with van der Waals surface area (Å²) in [4.78, 5) is 10.6. The number of hydrogen-bond acceptors (Lipinski definition) is 4. The molecule has 0 aromatic carbocycles. The van der Waals surface area contributed by atoms with Gasteiger partial charge in [-0.05, 0) is 24.8 Å². The SMILES string of the molecule is [2H]c1nc2nc([2H])c([2H])c-2c(-c2cnn([C@@H](C3CCCC3)C([2H])([2H])C#N)c2)[nH]1. The van der Waals surface area contributed by atoms with Crippen LogP contribution < -0.4 is 0 Å². The predicted molar refractivity (Wildman–Crippen MR) is 85.5 cm³/mol. The first kappa shape index (κ1) is 9.46. The van der Waals surface area contributed by atoms with E-state index in [1.807, 2.05) is 0 Å². The second-order valence-electron chi connectivity index (χ2n) is 5.73. The molecule has 4 rings (SSSR count). The molecule has 1 atom stereocenters. The maximum atomic E-state index is 9.37. The molecule has 3 heterocycles. The van der Waals surface area contributed by atoms with E-state index in [9.17, 15) is 5.26 Å². The van der Waals surface area contributed by atoms with Crippen molar-refractivity contribution < 1.29 is 6.85 Å². The molecule has 0 spiro atoms. The summed E-state index contributed by atoms with van der Waals surface area (Å²) in [5.41, 5.74) is 1.24. The van der Waals surface area contributed by atoms with Crippen LogP contribution in [0.5, 0.6) is 0 Å². The lowest BCUT2D eigenvalue weighted by Crippen LogP contribution is -2.17. The summed E-state index contributed by atoms with van der Waals surface area (Å²) in [7, 11) is 0. The minimum Gasteiger partial charge on any atom is -0.345 e. The largest absolute Gasteiger partial charge is 0.345 e. The Morgan fingerprint density at radius 1 is 1.48 bits per heavy atom. The van der Waals surface area contributed by atoms with E-state index in [0.717, 1.165) is 25.7 Å². The van der Waals surface area contributed by atoms with Crippen LogP contribution in [0.1, 0.15) is 45.0 Å². The number of nitrogens with one attached hydrogen (secondary N) is 1. The average molecular weight is 311 g/mol. The lowest BCUT2D eigenvalue weighted by atomic mass is 9.96. The average Bonchev–Trinajstić information content (AvgIpc) is 3.37. The summed E-state index contributed by atoms with van der Waals surface area (Å²) in [6.45, 7) is 0. The monoisotopic (exact) mass is 311 g/mol. The molecule has 0 unspecified atom stereocenters. The van der Waals surface area contributed by atoms with E-state index in [4.69, 9.17) is 6.85 Å². The van der Waals surface area contributed by atoms with Crippen LogP contribution in [0.2, 0.25) is 0 Å². The number of hydrogen-bond donors (Lipinski definition) is 1. The third kappa shape index (κ3) is 2.48. The first-order chi connectivity index (χ1) is 13.3. The summed E-state index contributed by atoms with van der Waals surface area (Å²) in [6, 6.07) is 0.960. The van der Waals surface area contributed by atoms with Gasteiger partial charge in [-0.15, -0.1) is 0 Å². The summed E-state index contributed by atoms with van der Waals surface area (Å²) >= 11 is 0. The maximum Gasteiger partial charge on any atom is 0.162 e. The van der Waals surface area contributed by atoms with Gasteiger partial charge in [-0.1, -0.05) is 12.8 Å². The van der Waals surface area contributed by atoms with Gasteiger partial charge in [0, 0.05) is 26.2 Å². The standard InChI is InChI=1S/C17H18N6/c18-7-5-15(12-3-1-2-4-12)23-10-13(9-22-23)16-14-6-8-19-17(14)21-11-20-16/h6,8-12,15H,1-5H2,(H,19,20,21)/t15-/m1/s1/i5D2,6D,8D,11D. The Labute approximate surface area is 141 Å². The van der Waals surface area contributed by atoms with Gasteiger partial charge in [0.05, 0.1) is 39.4 Å². The number of nitriles is 1. The molecule has 6 nitrogen and oxygen atoms in total. The fourth-order valence-corrected chi connectivity index (χ4v) is 3.28. The molecule has 1 saturated carbocycles. The molecule has 0 amide bonds. The molecule has 23 heavy (non-hydrogen) atoms. The highest BCUT2D eigenvalue weighted by Crippen LogP contribution is 2.37. The molecular weight excluding hydrogens is 288 g/mol. The van der Waals surface area contributed by atoms with Gasteiger partial charge in [-0.3, -0.25) is 4.68 Å². The Balaban J connectivity index is 1.81. The van der Waals surface area contributed by atoms with Crippen molar-refractivity contribution in [2.75, 3.05) is 0 Å². The van der Waals surface area contributed by atoms with Gasteiger partial charge in [0.1, 0.15) is 1.37 Å². The van der Waals surface area contributed by atoms with E-state index in [2.05, 4.69) is 20.1 Å². The van der Waals surface area contributed by atoms with Gasteiger partial charge in [0.25, 0.3) is 0 Å². The van der Waals surface area contributed by atoms with Crippen molar-refractivity contribution in [1.29, 1.82) is 5.26 Å². The molecule has 1 fully saturated rings. The van der Waals surface area contributed by atoms with E-state index in [1.165, 1.54) is 10.9 Å². The summed E-state index contributed by atoms with van der Waals surface area (Å²) in [5, 5.41) is 13.7. The van der Waals surface area contributed by atoms with Crippen LogP contribution in [0.4, 0.5) is 0 Å². The second-order valence-corrected chi connectivity index (χ2v) is 5.73. The minimum absolute atomic E-state index is 0.0164. The van der Waals surface area contributed by atoms with Crippen LogP contribution in [0, 0.1) is 17.2 Å². The van der Waals surface area contributed by atoms with Crippen LogP contribution in [0.15, 0.2) is 30.9 Å². The van der Waals surface area contributed by atoms with E-state index >= 15 is 0 Å². The summed E-state index contributed by atoms with van der Waals surface area (Å²) in [6.07, 6.45) is 4.37. The number of rotatable bonds is 4. The minimum atomic E-state index is -2.08. The molecule has 0 radical (unpaired) electrons. The van der Waals surface area contributed by atoms with Crippen LogP contribution in [0.3, 0.4) is 0 Å².